The Morgan fingerprint density at radius 3 is 2.50 bits per heavy atom. The molecule has 252 valence electrons. The average Bonchev–Trinajstić information content (AvgIpc) is 3.45. The molecule has 0 saturated carbocycles. The Morgan fingerprint density at radius 1 is 1.04 bits per heavy atom. The first-order valence-corrected chi connectivity index (χ1v) is 15.8. The van der Waals surface area contributed by atoms with Crippen LogP contribution in [0.4, 0.5) is 24.5 Å². The minimum atomic E-state index is -4.69. The number of fused-ring (bicyclic) bond motifs is 1. The lowest BCUT2D eigenvalue weighted by molar-refractivity contribution is -0.141. The van der Waals surface area contributed by atoms with Gasteiger partial charge in [0.25, 0.3) is 5.91 Å². The Labute approximate surface area is 274 Å². The monoisotopic (exact) mass is 663 g/mol. The van der Waals surface area contributed by atoms with E-state index in [0.717, 1.165) is 55.9 Å². The van der Waals surface area contributed by atoms with Crippen LogP contribution in [0, 0.1) is 0 Å². The number of amides is 3. The zero-order valence-corrected chi connectivity index (χ0v) is 26.5. The van der Waals surface area contributed by atoms with E-state index >= 15 is 0 Å². The molecule has 4 aromatic rings. The number of aromatic nitrogens is 3. The molecule has 48 heavy (non-hydrogen) atoms. The van der Waals surface area contributed by atoms with Gasteiger partial charge in [0.2, 0.25) is 11.8 Å². The van der Waals surface area contributed by atoms with Crippen LogP contribution >= 0.6 is 0 Å². The minimum Gasteiger partial charge on any atom is -0.386 e. The van der Waals surface area contributed by atoms with Gasteiger partial charge in [0.15, 0.2) is 0 Å². The number of carbonyl (C=O) groups excluding carboxylic acids is 3. The highest BCUT2D eigenvalue weighted by Crippen LogP contribution is 2.34. The van der Waals surface area contributed by atoms with Crippen LogP contribution in [0.25, 0.3) is 10.9 Å². The summed E-state index contributed by atoms with van der Waals surface area (Å²) in [5.41, 5.74) is 0.207. The Kier molecular flexibility index (Phi) is 8.96. The summed E-state index contributed by atoms with van der Waals surface area (Å²) < 4.78 is 41.4. The average molecular weight is 664 g/mol. The molecule has 1 atom stereocenters. The van der Waals surface area contributed by atoms with Gasteiger partial charge in [-0.15, -0.1) is 0 Å². The minimum absolute atomic E-state index is 0.118. The first-order chi connectivity index (χ1) is 22.7. The first kappa shape index (κ1) is 33.1. The number of pyridine rings is 1. The number of nitrogens with one attached hydrogen (secondary N) is 3. The maximum atomic E-state index is 13.2. The molecule has 11 nitrogen and oxygen atoms in total. The third kappa shape index (κ3) is 7.50. The zero-order chi connectivity index (χ0) is 34.2. The summed E-state index contributed by atoms with van der Waals surface area (Å²) in [6, 6.07) is 14.1. The van der Waals surface area contributed by atoms with Crippen LogP contribution in [0.3, 0.4) is 0 Å². The number of halogens is 3. The second kappa shape index (κ2) is 13.0. The number of piperidine rings is 2. The summed E-state index contributed by atoms with van der Waals surface area (Å²) >= 11 is 0. The van der Waals surface area contributed by atoms with Crippen molar-refractivity contribution in [2.75, 3.05) is 23.7 Å². The highest BCUT2D eigenvalue weighted by atomic mass is 19.4. The fourth-order valence-corrected chi connectivity index (χ4v) is 6.18. The lowest BCUT2D eigenvalue weighted by Crippen LogP contribution is -2.47. The Morgan fingerprint density at radius 2 is 1.79 bits per heavy atom. The predicted octanol–water partition coefficient (Wildman–Crippen LogP) is 4.98. The van der Waals surface area contributed by atoms with E-state index in [9.17, 15) is 32.7 Å². The highest BCUT2D eigenvalue weighted by Gasteiger charge is 2.33. The highest BCUT2D eigenvalue weighted by molar-refractivity contribution is 6.04. The molecular weight excluding hydrogens is 627 g/mol. The van der Waals surface area contributed by atoms with Gasteiger partial charge in [-0.05, 0) is 75.1 Å². The number of rotatable bonds is 8. The van der Waals surface area contributed by atoms with Crippen LogP contribution in [0.2, 0.25) is 0 Å². The third-order valence-corrected chi connectivity index (χ3v) is 8.69. The standard InChI is InChI=1S/C34H36F3N7O4/c1-33(2,48)24-17-27-21(16-28(24)40-31(46)25-7-4-8-29(39-25)34(35,36)37)19-44(42-27)23-11-13-43(14-12-23)18-20-5-3-6-22(15-20)38-26-9-10-30(45)41-32(26)47/h3-8,15-17,19,23,26,38,48H,9-14,18H2,1-2H3,(H,40,46)(H,41,45,47). The number of aliphatic hydroxyl groups is 1. The number of nitrogens with zero attached hydrogens (tertiary/aromatic N) is 4. The summed E-state index contributed by atoms with van der Waals surface area (Å²) in [7, 11) is 0. The van der Waals surface area contributed by atoms with Gasteiger partial charge >= 0.3 is 6.18 Å². The van der Waals surface area contributed by atoms with Gasteiger partial charge in [0.1, 0.15) is 17.4 Å². The van der Waals surface area contributed by atoms with E-state index in [-0.39, 0.29) is 23.5 Å². The van der Waals surface area contributed by atoms with Crippen molar-refractivity contribution in [3.05, 3.63) is 83.3 Å². The van der Waals surface area contributed by atoms with E-state index in [1.54, 1.807) is 26.0 Å². The molecule has 0 bridgehead atoms. The van der Waals surface area contributed by atoms with Crippen LogP contribution in [-0.4, -0.2) is 61.6 Å². The van der Waals surface area contributed by atoms with Crippen molar-refractivity contribution >= 4 is 40.0 Å². The van der Waals surface area contributed by atoms with Crippen LogP contribution in [0.15, 0.2) is 60.8 Å². The maximum absolute atomic E-state index is 13.2. The molecule has 0 spiro atoms. The molecule has 0 radical (unpaired) electrons. The summed E-state index contributed by atoms with van der Waals surface area (Å²) in [5.74, 6) is -1.39. The van der Waals surface area contributed by atoms with E-state index in [0.29, 0.717) is 29.3 Å². The SMILES string of the molecule is CC(C)(O)c1cc2nn(C3CCN(Cc4cccc(NC5CCC(=O)NC5=O)c4)CC3)cc2cc1NC(=O)c1cccc(C(F)(F)F)n1. The van der Waals surface area contributed by atoms with Crippen LogP contribution in [0.1, 0.15) is 72.9 Å². The quantitative estimate of drug-likeness (QED) is 0.194. The molecule has 14 heteroatoms. The summed E-state index contributed by atoms with van der Waals surface area (Å²) in [4.78, 5) is 42.4. The molecule has 2 aliphatic rings. The smallest absolute Gasteiger partial charge is 0.386 e. The molecule has 1 unspecified atom stereocenters. The topological polar surface area (TPSA) is 141 Å². The molecular formula is C34H36F3N7O4. The Hall–Kier alpha value is -4.82. The molecule has 2 saturated heterocycles. The lowest BCUT2D eigenvalue weighted by Gasteiger charge is -2.32. The first-order valence-electron chi connectivity index (χ1n) is 15.8. The van der Waals surface area contributed by atoms with Crippen molar-refractivity contribution in [1.29, 1.82) is 0 Å². The summed E-state index contributed by atoms with van der Waals surface area (Å²) in [6.07, 6.45) is -0.372. The van der Waals surface area contributed by atoms with Crippen molar-refractivity contribution in [1.82, 2.24) is 25.0 Å². The van der Waals surface area contributed by atoms with E-state index in [4.69, 9.17) is 5.10 Å². The number of benzene rings is 2. The summed E-state index contributed by atoms with van der Waals surface area (Å²) in [6.45, 7) is 5.49. The van der Waals surface area contributed by atoms with Gasteiger partial charge in [-0.25, -0.2) is 4.98 Å². The molecule has 2 aliphatic heterocycles. The normalized spacial score (nSPS) is 18.2. The number of hydrogen-bond donors (Lipinski definition) is 4. The molecule has 3 amide bonds. The number of imide groups is 1. The van der Waals surface area contributed by atoms with Crippen molar-refractivity contribution < 1.29 is 32.7 Å². The fraction of sp³-hybridized carbons (Fsp3) is 0.382. The molecule has 2 fully saturated rings. The van der Waals surface area contributed by atoms with Crippen molar-refractivity contribution in [2.45, 2.75) is 69.9 Å². The second-order valence-electron chi connectivity index (χ2n) is 12.8. The fourth-order valence-electron chi connectivity index (χ4n) is 6.18. The number of anilines is 2. The van der Waals surface area contributed by atoms with Gasteiger partial charge in [0.05, 0.1) is 17.2 Å². The maximum Gasteiger partial charge on any atom is 0.433 e. The number of carbonyl (C=O) groups is 3. The van der Waals surface area contributed by atoms with E-state index in [1.807, 2.05) is 35.1 Å². The Bertz CT molecular complexity index is 1860. The van der Waals surface area contributed by atoms with Crippen LogP contribution < -0.4 is 16.0 Å². The van der Waals surface area contributed by atoms with Gasteiger partial charge in [0, 0.05) is 54.6 Å². The van der Waals surface area contributed by atoms with E-state index < -0.39 is 35.1 Å². The summed E-state index contributed by atoms with van der Waals surface area (Å²) in [5, 5.41) is 24.6. The molecule has 2 aromatic heterocycles. The van der Waals surface area contributed by atoms with Gasteiger partial charge in [-0.2, -0.15) is 18.3 Å². The van der Waals surface area contributed by atoms with Gasteiger partial charge in [-0.1, -0.05) is 18.2 Å². The van der Waals surface area contributed by atoms with E-state index in [2.05, 4.69) is 25.8 Å². The van der Waals surface area contributed by atoms with Gasteiger partial charge < -0.3 is 15.7 Å². The van der Waals surface area contributed by atoms with E-state index in [1.165, 1.54) is 6.07 Å². The molecule has 6 rings (SSSR count). The number of alkyl halides is 3. The van der Waals surface area contributed by atoms with Crippen molar-refractivity contribution in [3.63, 3.8) is 0 Å². The van der Waals surface area contributed by atoms with Crippen molar-refractivity contribution in [2.24, 2.45) is 0 Å². The second-order valence-corrected chi connectivity index (χ2v) is 12.8. The van der Waals surface area contributed by atoms with Crippen LogP contribution in [-0.2, 0) is 27.9 Å². The van der Waals surface area contributed by atoms with Crippen LogP contribution in [0.5, 0.6) is 0 Å². The van der Waals surface area contributed by atoms with Gasteiger partial charge in [-0.3, -0.25) is 29.3 Å². The third-order valence-electron chi connectivity index (χ3n) is 8.69. The molecule has 4 heterocycles. The predicted molar refractivity (Wildman–Crippen MR) is 172 cm³/mol. The number of likely N-dealkylation sites (tertiary alicyclic amines) is 1. The molecule has 0 aliphatic carbocycles. The Balaban J connectivity index is 1.12. The molecule has 2 aromatic carbocycles. The van der Waals surface area contributed by atoms with Crippen molar-refractivity contribution in [3.8, 4) is 0 Å². The zero-order valence-electron chi connectivity index (χ0n) is 26.5. The lowest BCUT2D eigenvalue weighted by atomic mass is 9.95. The number of hydrogen-bond acceptors (Lipinski definition) is 8. The molecule has 4 N–H and O–H groups in total. The largest absolute Gasteiger partial charge is 0.433 e.